The van der Waals surface area contributed by atoms with E-state index in [1.165, 1.54) is 167 Å². The molecule has 0 heterocycles. The summed E-state index contributed by atoms with van der Waals surface area (Å²) in [5.74, 6) is 0.862. The molecule has 0 aromatic heterocycles. The van der Waals surface area contributed by atoms with Gasteiger partial charge in [0.2, 0.25) is 0 Å². The number of rotatable bonds is 45. The van der Waals surface area contributed by atoms with Crippen molar-refractivity contribution in [1.82, 2.24) is 0 Å². The van der Waals surface area contributed by atoms with Crippen LogP contribution in [0.4, 0.5) is 0 Å². The second-order valence-electron chi connectivity index (χ2n) is 18.2. The second-order valence-corrected chi connectivity index (χ2v) is 18.2. The normalized spacial score (nSPS) is 12.5. The van der Waals surface area contributed by atoms with Crippen LogP contribution in [-0.4, -0.2) is 37.2 Å². The van der Waals surface area contributed by atoms with E-state index in [4.69, 9.17) is 14.2 Å². The fourth-order valence-electron chi connectivity index (χ4n) is 7.60. The summed E-state index contributed by atoms with van der Waals surface area (Å²) in [6.07, 6.45) is 43.8. The zero-order valence-corrected chi connectivity index (χ0v) is 39.0. The van der Waals surface area contributed by atoms with Gasteiger partial charge in [-0.05, 0) is 31.1 Å². The summed E-state index contributed by atoms with van der Waals surface area (Å²) < 4.78 is 16.7. The third-order valence-electron chi connectivity index (χ3n) is 11.8. The molecule has 0 amide bonds. The van der Waals surface area contributed by atoms with Crippen molar-refractivity contribution in [2.45, 2.75) is 285 Å². The summed E-state index contributed by atoms with van der Waals surface area (Å²) >= 11 is 0. The number of carbonyl (C=O) groups excluding carboxylic acids is 3. The third-order valence-corrected chi connectivity index (χ3v) is 11.8. The van der Waals surface area contributed by atoms with Crippen LogP contribution in [0.25, 0.3) is 0 Å². The molecule has 0 aliphatic rings. The van der Waals surface area contributed by atoms with Gasteiger partial charge in [-0.15, -0.1) is 0 Å². The summed E-state index contributed by atoms with van der Waals surface area (Å²) in [5, 5.41) is 0. The van der Waals surface area contributed by atoms with Crippen LogP contribution in [0.5, 0.6) is 0 Å². The molecule has 0 saturated carbocycles. The van der Waals surface area contributed by atoms with E-state index in [0.717, 1.165) is 69.6 Å². The van der Waals surface area contributed by atoms with Crippen LogP contribution >= 0.6 is 0 Å². The van der Waals surface area contributed by atoms with Crippen molar-refractivity contribution >= 4 is 17.9 Å². The van der Waals surface area contributed by atoms with Gasteiger partial charge in [0.25, 0.3) is 0 Å². The largest absolute Gasteiger partial charge is 0.462 e. The molecule has 57 heavy (non-hydrogen) atoms. The van der Waals surface area contributed by atoms with Crippen LogP contribution in [-0.2, 0) is 28.6 Å². The lowest BCUT2D eigenvalue weighted by Crippen LogP contribution is -2.30. The number of carbonyl (C=O) groups is 3. The lowest BCUT2D eigenvalue weighted by molar-refractivity contribution is -0.167. The minimum absolute atomic E-state index is 0.0645. The van der Waals surface area contributed by atoms with Gasteiger partial charge in [-0.1, -0.05) is 240 Å². The Kier molecular flexibility index (Phi) is 42.7. The molecule has 0 aliphatic heterocycles. The van der Waals surface area contributed by atoms with Crippen molar-refractivity contribution in [3.8, 4) is 0 Å². The van der Waals surface area contributed by atoms with Crippen LogP contribution in [0.15, 0.2) is 0 Å². The molecule has 0 rings (SSSR count). The van der Waals surface area contributed by atoms with Crippen LogP contribution in [0.1, 0.15) is 279 Å². The molecule has 0 fully saturated rings. The standard InChI is InChI=1S/C51H98O6/c1-6-8-9-10-24-33-38-43-51(54)57-48(45-56-50(53)42-37-32-28-23-19-18-21-26-30-35-40-47(5)7-2)44-55-49(52)41-36-31-27-22-17-15-13-11-12-14-16-20-25-29-34-39-46(3)4/h46-48H,6-45H2,1-5H3/t47?,48-/m1/s1. The van der Waals surface area contributed by atoms with Gasteiger partial charge < -0.3 is 14.2 Å². The molecule has 0 bridgehead atoms. The van der Waals surface area contributed by atoms with Gasteiger partial charge in [-0.3, -0.25) is 14.4 Å². The molecule has 0 spiro atoms. The number of unbranched alkanes of at least 4 members (excludes halogenated alkanes) is 29. The minimum Gasteiger partial charge on any atom is -0.462 e. The fourth-order valence-corrected chi connectivity index (χ4v) is 7.60. The predicted molar refractivity (Wildman–Crippen MR) is 243 cm³/mol. The van der Waals surface area contributed by atoms with Crippen molar-refractivity contribution in [1.29, 1.82) is 0 Å². The zero-order chi connectivity index (χ0) is 41.9. The quantitative estimate of drug-likeness (QED) is 0.0346. The number of hydrogen-bond donors (Lipinski definition) is 0. The molecule has 0 N–H and O–H groups in total. The molecule has 0 saturated heterocycles. The maximum Gasteiger partial charge on any atom is 0.306 e. The van der Waals surface area contributed by atoms with Crippen molar-refractivity contribution in [2.75, 3.05) is 13.2 Å². The Hall–Kier alpha value is -1.59. The lowest BCUT2D eigenvalue weighted by Gasteiger charge is -2.18. The first-order chi connectivity index (χ1) is 27.8. The van der Waals surface area contributed by atoms with E-state index in [0.29, 0.717) is 19.3 Å². The molecule has 6 heteroatoms. The summed E-state index contributed by atoms with van der Waals surface area (Å²) in [7, 11) is 0. The summed E-state index contributed by atoms with van der Waals surface area (Å²) in [6.45, 7) is 11.4. The number of ether oxygens (including phenoxy) is 3. The van der Waals surface area contributed by atoms with Crippen molar-refractivity contribution in [3.05, 3.63) is 0 Å². The Morgan fingerprint density at radius 1 is 0.368 bits per heavy atom. The molecule has 0 aliphatic carbocycles. The SMILES string of the molecule is CCCCCCCCCC(=O)O[C@H](COC(=O)CCCCCCCCCCCCCCCCCC(C)C)COC(=O)CCCCCCCCCCCCC(C)CC. The van der Waals surface area contributed by atoms with Gasteiger partial charge in [0.1, 0.15) is 13.2 Å². The van der Waals surface area contributed by atoms with E-state index >= 15 is 0 Å². The average Bonchev–Trinajstić information content (AvgIpc) is 3.19. The molecule has 0 aromatic rings. The molecule has 2 atom stereocenters. The van der Waals surface area contributed by atoms with Crippen LogP contribution in [0.3, 0.4) is 0 Å². The van der Waals surface area contributed by atoms with Crippen LogP contribution < -0.4 is 0 Å². The zero-order valence-electron chi connectivity index (χ0n) is 39.0. The Labute approximate surface area is 355 Å². The highest BCUT2D eigenvalue weighted by atomic mass is 16.6. The van der Waals surface area contributed by atoms with Crippen molar-refractivity contribution < 1.29 is 28.6 Å². The molecule has 0 aromatic carbocycles. The molecule has 1 unspecified atom stereocenters. The second kappa shape index (κ2) is 44.0. The minimum atomic E-state index is -0.760. The van der Waals surface area contributed by atoms with Crippen LogP contribution in [0, 0.1) is 11.8 Å². The van der Waals surface area contributed by atoms with Gasteiger partial charge >= 0.3 is 17.9 Å². The van der Waals surface area contributed by atoms with E-state index in [-0.39, 0.29) is 31.1 Å². The monoisotopic (exact) mass is 807 g/mol. The third kappa shape index (κ3) is 43.8. The van der Waals surface area contributed by atoms with Crippen molar-refractivity contribution in [2.24, 2.45) is 11.8 Å². The van der Waals surface area contributed by atoms with Gasteiger partial charge in [0.05, 0.1) is 0 Å². The summed E-state index contributed by atoms with van der Waals surface area (Å²) in [6, 6.07) is 0. The van der Waals surface area contributed by atoms with E-state index in [2.05, 4.69) is 34.6 Å². The number of hydrogen-bond acceptors (Lipinski definition) is 6. The highest BCUT2D eigenvalue weighted by Gasteiger charge is 2.19. The highest BCUT2D eigenvalue weighted by molar-refractivity contribution is 5.71. The average molecular weight is 807 g/mol. The highest BCUT2D eigenvalue weighted by Crippen LogP contribution is 2.18. The first-order valence-corrected chi connectivity index (χ1v) is 25.3. The Balaban J connectivity index is 4.17. The van der Waals surface area contributed by atoms with E-state index < -0.39 is 6.10 Å². The van der Waals surface area contributed by atoms with Gasteiger partial charge in [0, 0.05) is 19.3 Å². The fraction of sp³-hybridized carbons (Fsp3) is 0.941. The van der Waals surface area contributed by atoms with E-state index in [9.17, 15) is 14.4 Å². The molecular weight excluding hydrogens is 709 g/mol. The van der Waals surface area contributed by atoms with Gasteiger partial charge in [-0.25, -0.2) is 0 Å². The van der Waals surface area contributed by atoms with Crippen LogP contribution in [0.2, 0.25) is 0 Å². The molecule has 338 valence electrons. The van der Waals surface area contributed by atoms with Crippen molar-refractivity contribution in [3.63, 3.8) is 0 Å². The Bertz CT molecular complexity index is 872. The van der Waals surface area contributed by atoms with E-state index in [1.807, 2.05) is 0 Å². The first kappa shape index (κ1) is 55.4. The molecule has 6 nitrogen and oxygen atoms in total. The Morgan fingerprint density at radius 3 is 1.00 bits per heavy atom. The maximum absolute atomic E-state index is 12.6. The summed E-state index contributed by atoms with van der Waals surface area (Å²) in [4.78, 5) is 37.7. The van der Waals surface area contributed by atoms with Gasteiger partial charge in [-0.2, -0.15) is 0 Å². The Morgan fingerprint density at radius 2 is 0.667 bits per heavy atom. The first-order valence-electron chi connectivity index (χ1n) is 25.3. The van der Waals surface area contributed by atoms with Gasteiger partial charge in [0.15, 0.2) is 6.10 Å². The smallest absolute Gasteiger partial charge is 0.306 e. The maximum atomic E-state index is 12.6. The lowest BCUT2D eigenvalue weighted by atomic mass is 9.99. The predicted octanol–water partition coefficient (Wildman–Crippen LogP) is 16.1. The van der Waals surface area contributed by atoms with E-state index in [1.54, 1.807) is 0 Å². The number of esters is 3. The topological polar surface area (TPSA) is 78.9 Å². The molecule has 0 radical (unpaired) electrons. The summed E-state index contributed by atoms with van der Waals surface area (Å²) in [5.41, 5.74) is 0. The molecular formula is C51H98O6.